The molecule has 1 unspecified atom stereocenters. The zero-order valence-electron chi connectivity index (χ0n) is 24.2. The van der Waals surface area contributed by atoms with Crippen LogP contribution < -0.4 is 26.0 Å². The monoisotopic (exact) mass is 584 g/mol. The van der Waals surface area contributed by atoms with Gasteiger partial charge >= 0.3 is 6.09 Å². The number of methoxy groups -OCH3 is 1. The first-order chi connectivity index (χ1) is 19.8. The van der Waals surface area contributed by atoms with Crippen LogP contribution in [0.4, 0.5) is 22.2 Å². The van der Waals surface area contributed by atoms with Gasteiger partial charge in [0, 0.05) is 45.3 Å². The maximum atomic E-state index is 12.9. The predicted molar refractivity (Wildman–Crippen MR) is 162 cm³/mol. The molecule has 2 aromatic heterocycles. The van der Waals surface area contributed by atoms with Crippen LogP contribution in [0, 0.1) is 0 Å². The summed E-state index contributed by atoms with van der Waals surface area (Å²) in [5.41, 5.74) is 7.66. The molecule has 0 radical (unpaired) electrons. The number of para-hydroxylation sites is 1. The number of morpholine rings is 1. The minimum atomic E-state index is -0.553. The van der Waals surface area contributed by atoms with Gasteiger partial charge in [-0.1, -0.05) is 6.07 Å². The molecule has 0 aliphatic carbocycles. The number of carbonyl (C=O) groups excluding carboxylic acids is 1. The van der Waals surface area contributed by atoms with Crippen molar-refractivity contribution in [3.8, 4) is 16.5 Å². The SMILES string of the molecule is COc1nc(N2CCOCC2)nc(NC2CCCN(C(=O)OC(C)(C)C)C2)c1-c1nc2c(NCCN)cccc2s1. The first kappa shape index (κ1) is 29.1. The Kier molecular flexibility index (Phi) is 8.95. The van der Waals surface area contributed by atoms with E-state index < -0.39 is 5.60 Å². The lowest BCUT2D eigenvalue weighted by Gasteiger charge is -2.35. The first-order valence-electron chi connectivity index (χ1n) is 14.1. The maximum Gasteiger partial charge on any atom is 0.410 e. The minimum Gasteiger partial charge on any atom is -0.480 e. The standard InChI is InChI=1S/C28H40N8O4S/c1-28(2,3)40-27(37)36-12-6-7-18(17-36)31-23-21(24(38-4)34-26(33-23)35-13-15-39-16-14-35)25-32-22-19(30-11-10-29)8-5-9-20(22)41-25/h5,8-9,18,30H,6-7,10-17,29H2,1-4H3,(H,31,33,34). The van der Waals surface area contributed by atoms with Crippen LogP contribution in [-0.2, 0) is 9.47 Å². The Morgan fingerprint density at radius 2 is 2.00 bits per heavy atom. The summed E-state index contributed by atoms with van der Waals surface area (Å²) in [5, 5.41) is 7.75. The van der Waals surface area contributed by atoms with Gasteiger partial charge in [-0.15, -0.1) is 11.3 Å². The van der Waals surface area contributed by atoms with Crippen molar-refractivity contribution in [2.75, 3.05) is 75.1 Å². The number of fused-ring (bicyclic) bond motifs is 1. The largest absolute Gasteiger partial charge is 0.480 e. The Bertz CT molecular complexity index is 1350. The van der Waals surface area contributed by atoms with Gasteiger partial charge in [0.2, 0.25) is 11.8 Å². The lowest BCUT2D eigenvalue weighted by Crippen LogP contribution is -2.47. The van der Waals surface area contributed by atoms with Crippen LogP contribution in [0.3, 0.4) is 0 Å². The number of rotatable bonds is 8. The first-order valence-corrected chi connectivity index (χ1v) is 14.9. The fourth-order valence-corrected chi connectivity index (χ4v) is 5.99. The molecular formula is C28H40N8O4S. The van der Waals surface area contributed by atoms with Crippen molar-refractivity contribution < 1.29 is 19.0 Å². The van der Waals surface area contributed by atoms with E-state index in [0.29, 0.717) is 75.7 Å². The number of benzene rings is 1. The summed E-state index contributed by atoms with van der Waals surface area (Å²) in [7, 11) is 1.62. The van der Waals surface area contributed by atoms with Gasteiger partial charge in [-0.05, 0) is 45.7 Å². The van der Waals surface area contributed by atoms with E-state index in [4.69, 9.17) is 34.9 Å². The molecule has 1 amide bonds. The number of nitrogens with one attached hydrogen (secondary N) is 2. The molecule has 2 saturated heterocycles. The molecule has 12 nitrogen and oxygen atoms in total. The zero-order valence-corrected chi connectivity index (χ0v) is 25.1. The highest BCUT2D eigenvalue weighted by molar-refractivity contribution is 7.21. The smallest absolute Gasteiger partial charge is 0.410 e. The number of nitrogens with zero attached hydrogens (tertiary/aromatic N) is 5. The van der Waals surface area contributed by atoms with E-state index >= 15 is 0 Å². The Hall–Kier alpha value is -3.42. The van der Waals surface area contributed by atoms with Crippen LogP contribution >= 0.6 is 11.3 Å². The maximum absolute atomic E-state index is 12.9. The number of carbonyl (C=O) groups is 1. The third-order valence-corrected chi connectivity index (χ3v) is 7.90. The number of hydrogen-bond acceptors (Lipinski definition) is 12. The molecule has 5 rings (SSSR count). The highest BCUT2D eigenvalue weighted by Crippen LogP contribution is 2.42. The third kappa shape index (κ3) is 6.91. The molecule has 2 aliphatic heterocycles. The Morgan fingerprint density at radius 1 is 1.20 bits per heavy atom. The molecule has 13 heteroatoms. The van der Waals surface area contributed by atoms with Crippen LogP contribution in [0.15, 0.2) is 18.2 Å². The average molecular weight is 585 g/mol. The number of piperidine rings is 1. The van der Waals surface area contributed by atoms with E-state index in [2.05, 4.69) is 15.5 Å². The van der Waals surface area contributed by atoms with Crippen molar-refractivity contribution in [3.05, 3.63) is 18.2 Å². The van der Waals surface area contributed by atoms with Gasteiger partial charge in [-0.2, -0.15) is 9.97 Å². The second-order valence-electron chi connectivity index (χ2n) is 11.2. The van der Waals surface area contributed by atoms with Gasteiger partial charge in [-0.3, -0.25) is 0 Å². The van der Waals surface area contributed by atoms with Gasteiger partial charge in [0.1, 0.15) is 27.5 Å². The second-order valence-corrected chi connectivity index (χ2v) is 12.2. The van der Waals surface area contributed by atoms with Crippen molar-refractivity contribution in [2.45, 2.75) is 45.3 Å². The molecule has 0 bridgehead atoms. The summed E-state index contributed by atoms with van der Waals surface area (Å²) < 4.78 is 18.1. The van der Waals surface area contributed by atoms with Crippen molar-refractivity contribution in [1.82, 2.24) is 19.9 Å². The number of thiazole rings is 1. The summed E-state index contributed by atoms with van der Waals surface area (Å²) in [6.45, 7) is 10.6. The van der Waals surface area contributed by atoms with E-state index in [1.165, 1.54) is 0 Å². The van der Waals surface area contributed by atoms with Crippen LogP contribution in [-0.4, -0.2) is 97.2 Å². The zero-order chi connectivity index (χ0) is 29.0. The lowest BCUT2D eigenvalue weighted by atomic mass is 10.1. The quantitative estimate of drug-likeness (QED) is 0.356. The lowest BCUT2D eigenvalue weighted by molar-refractivity contribution is 0.0206. The van der Waals surface area contributed by atoms with E-state index in [1.54, 1.807) is 23.3 Å². The van der Waals surface area contributed by atoms with E-state index in [0.717, 1.165) is 33.8 Å². The van der Waals surface area contributed by atoms with Crippen molar-refractivity contribution in [3.63, 3.8) is 0 Å². The molecule has 222 valence electrons. The molecule has 4 heterocycles. The van der Waals surface area contributed by atoms with Crippen molar-refractivity contribution >= 4 is 45.1 Å². The number of nitrogens with two attached hydrogens (primary N) is 1. The van der Waals surface area contributed by atoms with Gasteiger partial charge in [0.15, 0.2) is 0 Å². The predicted octanol–water partition coefficient (Wildman–Crippen LogP) is 3.78. The summed E-state index contributed by atoms with van der Waals surface area (Å²) >= 11 is 1.56. The Morgan fingerprint density at radius 3 is 2.73 bits per heavy atom. The number of ether oxygens (including phenoxy) is 3. The topological polar surface area (TPSA) is 140 Å². The molecule has 3 aromatic rings. The molecule has 4 N–H and O–H groups in total. The van der Waals surface area contributed by atoms with Crippen LogP contribution in [0.1, 0.15) is 33.6 Å². The Balaban J connectivity index is 1.52. The summed E-state index contributed by atoms with van der Waals surface area (Å²) in [4.78, 5) is 31.6. The summed E-state index contributed by atoms with van der Waals surface area (Å²) in [6, 6.07) is 6.02. The van der Waals surface area contributed by atoms with E-state index in [-0.39, 0.29) is 12.1 Å². The van der Waals surface area contributed by atoms with Crippen LogP contribution in [0.5, 0.6) is 5.88 Å². The van der Waals surface area contributed by atoms with Crippen LogP contribution in [0.2, 0.25) is 0 Å². The molecule has 0 saturated carbocycles. The second kappa shape index (κ2) is 12.6. The fraction of sp³-hybridized carbons (Fsp3) is 0.571. The molecule has 1 aromatic carbocycles. The molecule has 2 aliphatic rings. The summed E-state index contributed by atoms with van der Waals surface area (Å²) in [5.74, 6) is 1.65. The fourth-order valence-electron chi connectivity index (χ4n) is 4.96. The van der Waals surface area contributed by atoms with Gasteiger partial charge < -0.3 is 40.4 Å². The average Bonchev–Trinajstić information content (AvgIpc) is 3.40. The number of anilines is 3. The van der Waals surface area contributed by atoms with Gasteiger partial charge in [-0.25, -0.2) is 9.78 Å². The highest BCUT2D eigenvalue weighted by Gasteiger charge is 2.30. The molecule has 2 fully saturated rings. The number of likely N-dealkylation sites (tertiary alicyclic amines) is 1. The molecule has 41 heavy (non-hydrogen) atoms. The van der Waals surface area contributed by atoms with E-state index in [1.807, 2.05) is 39.0 Å². The van der Waals surface area contributed by atoms with Gasteiger partial charge in [0.25, 0.3) is 0 Å². The van der Waals surface area contributed by atoms with Crippen LogP contribution in [0.25, 0.3) is 20.8 Å². The molecule has 0 spiro atoms. The van der Waals surface area contributed by atoms with E-state index in [9.17, 15) is 4.79 Å². The highest BCUT2D eigenvalue weighted by atomic mass is 32.1. The normalized spacial score (nSPS) is 17.9. The molecular weight excluding hydrogens is 544 g/mol. The minimum absolute atomic E-state index is 0.0386. The molecule has 1 atom stereocenters. The number of aromatic nitrogens is 3. The number of hydrogen-bond donors (Lipinski definition) is 3. The third-order valence-electron chi connectivity index (χ3n) is 6.86. The summed E-state index contributed by atoms with van der Waals surface area (Å²) in [6.07, 6.45) is 1.43. The van der Waals surface area contributed by atoms with Gasteiger partial charge in [0.05, 0.1) is 30.7 Å². The van der Waals surface area contributed by atoms with Crippen molar-refractivity contribution in [2.24, 2.45) is 5.73 Å². The Labute approximate surface area is 244 Å². The van der Waals surface area contributed by atoms with Crippen molar-refractivity contribution in [1.29, 1.82) is 0 Å². The number of amides is 1.